The second-order valence-corrected chi connectivity index (χ2v) is 9.36. The Bertz CT molecular complexity index is 713. The largest absolute Gasteiger partial charge is 0.372 e. The van der Waals surface area contributed by atoms with Gasteiger partial charge in [-0.1, -0.05) is 6.92 Å². The van der Waals surface area contributed by atoms with Gasteiger partial charge in [0.25, 0.3) is 0 Å². The van der Waals surface area contributed by atoms with Crippen molar-refractivity contribution in [2.45, 2.75) is 32.6 Å². The summed E-state index contributed by atoms with van der Waals surface area (Å²) in [6.45, 7) is 5.86. The summed E-state index contributed by atoms with van der Waals surface area (Å²) in [4.78, 5) is 18.4. The highest BCUT2D eigenvalue weighted by molar-refractivity contribution is 7.93. The Morgan fingerprint density at radius 2 is 1.68 bits per heavy atom. The molecule has 1 aromatic rings. The first-order valence-electron chi connectivity index (χ1n) is 10.1. The molecule has 0 saturated carbocycles. The van der Waals surface area contributed by atoms with Crippen molar-refractivity contribution in [3.8, 4) is 0 Å². The predicted octanol–water partition coefficient (Wildman–Crippen LogP) is 2.22. The van der Waals surface area contributed by atoms with Crippen LogP contribution in [0.15, 0.2) is 24.3 Å². The van der Waals surface area contributed by atoms with Crippen LogP contribution >= 0.6 is 0 Å². The summed E-state index contributed by atoms with van der Waals surface area (Å²) in [6, 6.07) is 7.40. The molecule has 1 aromatic carbocycles. The topological polar surface area (TPSA) is 73.0 Å². The van der Waals surface area contributed by atoms with E-state index in [9.17, 15) is 13.2 Å². The number of anilines is 2. The Balaban J connectivity index is 1.95. The van der Waals surface area contributed by atoms with Gasteiger partial charge in [0.15, 0.2) is 0 Å². The Morgan fingerprint density at radius 3 is 2.25 bits per heavy atom. The fourth-order valence-electron chi connectivity index (χ4n) is 3.31. The molecule has 8 heteroatoms. The molecule has 1 aliphatic heterocycles. The fraction of sp³-hybridized carbons (Fsp3) is 0.650. The smallest absolute Gasteiger partial charge is 0.241 e. The van der Waals surface area contributed by atoms with Gasteiger partial charge < -0.3 is 14.7 Å². The monoisotopic (exact) mass is 410 g/mol. The molecule has 0 bridgehead atoms. The lowest BCUT2D eigenvalue weighted by Gasteiger charge is -2.28. The minimum atomic E-state index is -3.74. The van der Waals surface area contributed by atoms with Crippen LogP contribution in [-0.2, 0) is 14.8 Å². The number of carbonyl (C=O) groups excluding carboxylic acids is 1. The number of piperidine rings is 1. The van der Waals surface area contributed by atoms with Crippen LogP contribution in [0.25, 0.3) is 0 Å². The van der Waals surface area contributed by atoms with Gasteiger partial charge in [-0.05, 0) is 64.0 Å². The van der Waals surface area contributed by atoms with Crippen LogP contribution in [0.2, 0.25) is 0 Å². The van der Waals surface area contributed by atoms with Crippen molar-refractivity contribution in [1.82, 2.24) is 9.80 Å². The second-order valence-electron chi connectivity index (χ2n) is 7.64. The number of carbonyl (C=O) groups is 1. The first-order valence-corrected chi connectivity index (χ1v) is 11.7. The third-order valence-electron chi connectivity index (χ3n) is 4.84. The number of hydrogen-bond acceptors (Lipinski definition) is 5. The summed E-state index contributed by atoms with van der Waals surface area (Å²) in [6.07, 6.45) is 4.45. The molecule has 0 aliphatic carbocycles. The van der Waals surface area contributed by atoms with Crippen molar-refractivity contribution in [1.29, 1.82) is 0 Å². The van der Waals surface area contributed by atoms with Gasteiger partial charge in [-0.15, -0.1) is 0 Å². The highest BCUT2D eigenvalue weighted by Crippen LogP contribution is 2.22. The highest BCUT2D eigenvalue weighted by atomic mass is 32.2. The standard InChI is InChI=1S/C20H34N4O3S/c1-4-12-24(16-15-22(2)3)20(25)17-28(26,27)21-18-8-10-19(11-9-18)23-13-6-5-7-14-23/h8-11,21H,4-7,12-17H2,1-3H3. The zero-order valence-corrected chi connectivity index (χ0v) is 18.2. The zero-order chi connectivity index (χ0) is 20.6. The maximum Gasteiger partial charge on any atom is 0.241 e. The SMILES string of the molecule is CCCN(CCN(C)C)C(=O)CS(=O)(=O)Nc1ccc(N2CCCCC2)cc1. The van der Waals surface area contributed by atoms with Crippen molar-refractivity contribution in [3.05, 3.63) is 24.3 Å². The van der Waals surface area contributed by atoms with Gasteiger partial charge in [-0.25, -0.2) is 8.42 Å². The molecule has 158 valence electrons. The van der Waals surface area contributed by atoms with E-state index in [-0.39, 0.29) is 5.91 Å². The molecule has 0 radical (unpaired) electrons. The molecular weight excluding hydrogens is 376 g/mol. The molecule has 1 amide bonds. The lowest BCUT2D eigenvalue weighted by molar-refractivity contribution is -0.128. The van der Waals surface area contributed by atoms with Crippen LogP contribution in [0.3, 0.4) is 0 Å². The van der Waals surface area contributed by atoms with Crippen LogP contribution < -0.4 is 9.62 Å². The quantitative estimate of drug-likeness (QED) is 0.640. The van der Waals surface area contributed by atoms with E-state index in [4.69, 9.17) is 0 Å². The number of amides is 1. The minimum Gasteiger partial charge on any atom is -0.372 e. The maximum atomic E-state index is 12.5. The van der Waals surface area contributed by atoms with Crippen molar-refractivity contribution in [2.75, 3.05) is 62.2 Å². The van der Waals surface area contributed by atoms with E-state index in [0.717, 1.165) is 25.2 Å². The van der Waals surface area contributed by atoms with Gasteiger partial charge in [0.1, 0.15) is 5.75 Å². The predicted molar refractivity (Wildman–Crippen MR) is 115 cm³/mol. The van der Waals surface area contributed by atoms with E-state index in [0.29, 0.717) is 25.3 Å². The van der Waals surface area contributed by atoms with Crippen LogP contribution in [-0.4, -0.2) is 76.7 Å². The summed E-state index contributed by atoms with van der Waals surface area (Å²) >= 11 is 0. The molecule has 0 spiro atoms. The number of nitrogens with one attached hydrogen (secondary N) is 1. The number of benzene rings is 1. The van der Waals surface area contributed by atoms with Crippen LogP contribution in [0, 0.1) is 0 Å². The average molecular weight is 411 g/mol. The number of hydrogen-bond donors (Lipinski definition) is 1. The summed E-state index contributed by atoms with van der Waals surface area (Å²) in [5.41, 5.74) is 1.60. The second kappa shape index (κ2) is 10.7. The molecule has 1 saturated heterocycles. The first kappa shape index (κ1) is 22.5. The molecule has 1 fully saturated rings. The minimum absolute atomic E-state index is 0.360. The lowest BCUT2D eigenvalue weighted by atomic mass is 10.1. The Hall–Kier alpha value is -1.80. The van der Waals surface area contributed by atoms with Gasteiger partial charge in [-0.2, -0.15) is 0 Å². The van der Waals surface area contributed by atoms with Gasteiger partial charge in [0.2, 0.25) is 15.9 Å². The molecule has 1 heterocycles. The van der Waals surface area contributed by atoms with Crippen molar-refractivity contribution in [2.24, 2.45) is 0 Å². The van der Waals surface area contributed by atoms with Crippen LogP contribution in [0.5, 0.6) is 0 Å². The molecule has 28 heavy (non-hydrogen) atoms. The molecule has 7 nitrogen and oxygen atoms in total. The maximum absolute atomic E-state index is 12.5. The number of sulfonamides is 1. The number of likely N-dealkylation sites (N-methyl/N-ethyl adjacent to an activating group) is 1. The van der Waals surface area contributed by atoms with Gasteiger partial charge >= 0.3 is 0 Å². The van der Waals surface area contributed by atoms with E-state index in [1.54, 1.807) is 17.0 Å². The molecule has 1 N–H and O–H groups in total. The highest BCUT2D eigenvalue weighted by Gasteiger charge is 2.21. The number of rotatable bonds is 10. The van der Waals surface area contributed by atoms with E-state index < -0.39 is 15.8 Å². The van der Waals surface area contributed by atoms with Crippen molar-refractivity contribution in [3.63, 3.8) is 0 Å². The van der Waals surface area contributed by atoms with E-state index in [1.807, 2.05) is 38.1 Å². The summed E-state index contributed by atoms with van der Waals surface area (Å²) in [7, 11) is 0.120. The molecule has 2 rings (SSSR count). The molecule has 0 aromatic heterocycles. The normalized spacial score (nSPS) is 14.9. The van der Waals surface area contributed by atoms with Gasteiger partial charge in [0, 0.05) is 44.1 Å². The summed E-state index contributed by atoms with van der Waals surface area (Å²) < 4.78 is 27.5. The molecule has 1 aliphatic rings. The van der Waals surface area contributed by atoms with Crippen molar-refractivity contribution >= 4 is 27.3 Å². The fourth-order valence-corrected chi connectivity index (χ4v) is 4.39. The van der Waals surface area contributed by atoms with Gasteiger partial charge in [-0.3, -0.25) is 9.52 Å². The van der Waals surface area contributed by atoms with E-state index >= 15 is 0 Å². The Morgan fingerprint density at radius 1 is 1.04 bits per heavy atom. The van der Waals surface area contributed by atoms with Gasteiger partial charge in [0.05, 0.1) is 0 Å². The molecular formula is C20H34N4O3S. The van der Waals surface area contributed by atoms with E-state index in [2.05, 4.69) is 9.62 Å². The van der Waals surface area contributed by atoms with Crippen molar-refractivity contribution < 1.29 is 13.2 Å². The average Bonchev–Trinajstić information content (AvgIpc) is 2.65. The zero-order valence-electron chi connectivity index (χ0n) is 17.4. The molecule has 0 unspecified atom stereocenters. The van der Waals surface area contributed by atoms with Crippen LogP contribution in [0.1, 0.15) is 32.6 Å². The van der Waals surface area contributed by atoms with E-state index in [1.165, 1.54) is 19.3 Å². The Kier molecular flexibility index (Phi) is 8.57. The lowest BCUT2D eigenvalue weighted by Crippen LogP contribution is -2.41. The summed E-state index contributed by atoms with van der Waals surface area (Å²) in [5, 5.41) is 0. The third kappa shape index (κ3) is 7.31. The number of nitrogens with zero attached hydrogens (tertiary/aromatic N) is 3. The molecule has 0 atom stereocenters. The Labute approximate surface area is 169 Å². The summed E-state index contributed by atoms with van der Waals surface area (Å²) in [5.74, 6) is -0.893. The first-order chi connectivity index (χ1) is 13.3. The third-order valence-corrected chi connectivity index (χ3v) is 6.01. The van der Waals surface area contributed by atoms with Crippen LogP contribution in [0.4, 0.5) is 11.4 Å².